The van der Waals surface area contributed by atoms with E-state index >= 15 is 0 Å². The second-order valence-electron chi connectivity index (χ2n) is 2.28. The van der Waals surface area contributed by atoms with Crippen molar-refractivity contribution >= 4 is 11.0 Å². The normalized spacial score (nSPS) is 9.42. The van der Waals surface area contributed by atoms with Crippen LogP contribution in [0.2, 0.25) is 0 Å². The van der Waals surface area contributed by atoms with Gasteiger partial charge in [-0.2, -0.15) is 5.10 Å². The van der Waals surface area contributed by atoms with E-state index < -0.39 is 0 Å². The van der Waals surface area contributed by atoms with Crippen LogP contribution in [0.3, 0.4) is 0 Å². The van der Waals surface area contributed by atoms with Crippen molar-refractivity contribution < 1.29 is 32.7 Å². The Bertz CT molecular complexity index is 369. The molecule has 0 aliphatic rings. The fourth-order valence-corrected chi connectivity index (χ4v) is 1.08. The Morgan fingerprint density at radius 2 is 2.08 bits per heavy atom. The van der Waals surface area contributed by atoms with E-state index in [1.165, 1.54) is 0 Å². The molecular weight excluding hydrogens is 227 g/mol. The molecule has 0 aliphatic carbocycles. The summed E-state index contributed by atoms with van der Waals surface area (Å²) in [5.41, 5.74) is 1.99. The number of benzene rings is 1. The summed E-state index contributed by atoms with van der Waals surface area (Å²) >= 11 is 0. The van der Waals surface area contributed by atoms with Gasteiger partial charge in [-0.25, -0.2) is 0 Å². The fraction of sp³-hybridized carbons (Fsp3) is 0.125. The summed E-state index contributed by atoms with van der Waals surface area (Å²) in [7, 11) is 0. The van der Waals surface area contributed by atoms with Crippen molar-refractivity contribution in [3.05, 3.63) is 30.8 Å². The van der Waals surface area contributed by atoms with Gasteiger partial charge in [0.1, 0.15) is 0 Å². The van der Waals surface area contributed by atoms with E-state index in [9.17, 15) is 0 Å². The minimum Gasteiger partial charge on any atom is -0.378 e. The molecule has 0 N–H and O–H groups in total. The van der Waals surface area contributed by atoms with Gasteiger partial charge in [0, 0.05) is 38.2 Å². The molecule has 0 spiro atoms. The minimum atomic E-state index is 0. The molecule has 12 heavy (non-hydrogen) atoms. The maximum Gasteiger partial charge on any atom is 0.0313 e. The molecule has 3 nitrogen and oxygen atoms in total. The Hall–Kier alpha value is -0.406. The Labute approximate surface area is 96.0 Å². The molecule has 1 heterocycles. The van der Waals surface area contributed by atoms with Crippen LogP contribution in [0.25, 0.3) is 11.0 Å². The van der Waals surface area contributed by atoms with Crippen LogP contribution in [0, 0.1) is 6.54 Å². The monoisotopic (exact) mass is 235 g/mol. The molecule has 0 saturated carbocycles. The van der Waals surface area contributed by atoms with Crippen LogP contribution in [0.4, 0.5) is 0 Å². The third kappa shape index (κ3) is 1.52. The quantitative estimate of drug-likeness (QED) is 0.700. The molecule has 0 bridgehead atoms. The standard InChI is InChI=1S/C8H8N3.Y/c1-2-11-8-6-4-3-5-7(8)9-10-11;/h2-6H,1H3;/q-1;. The van der Waals surface area contributed by atoms with E-state index in [4.69, 9.17) is 0 Å². The van der Waals surface area contributed by atoms with E-state index in [2.05, 4.69) is 10.3 Å². The van der Waals surface area contributed by atoms with Crippen molar-refractivity contribution in [2.45, 2.75) is 6.92 Å². The molecule has 4 heteroatoms. The Kier molecular flexibility index (Phi) is 3.23. The minimum absolute atomic E-state index is 0. The smallest absolute Gasteiger partial charge is 0.0313 e. The molecule has 1 radical (unpaired) electrons. The van der Waals surface area contributed by atoms with Crippen LogP contribution in [0.15, 0.2) is 24.3 Å². The Morgan fingerprint density at radius 3 is 2.83 bits per heavy atom. The summed E-state index contributed by atoms with van der Waals surface area (Å²) in [5.74, 6) is 0. The molecule has 0 saturated heterocycles. The van der Waals surface area contributed by atoms with Gasteiger partial charge in [0.25, 0.3) is 0 Å². The van der Waals surface area contributed by atoms with Crippen LogP contribution >= 0.6 is 0 Å². The number of nitrogens with zero attached hydrogens (tertiary/aromatic N) is 3. The van der Waals surface area contributed by atoms with E-state index in [1.807, 2.05) is 37.7 Å². The first-order chi connectivity index (χ1) is 5.42. The first-order valence-electron chi connectivity index (χ1n) is 3.51. The molecular formula is C8H8N3Y-. The van der Waals surface area contributed by atoms with Crippen LogP contribution < -0.4 is 0 Å². The van der Waals surface area contributed by atoms with Crippen LogP contribution in [0.1, 0.15) is 6.92 Å². The Balaban J connectivity index is 0.000000720. The summed E-state index contributed by atoms with van der Waals surface area (Å²) < 4.78 is 1.76. The maximum absolute atomic E-state index is 3.97. The predicted molar refractivity (Wildman–Crippen MR) is 42.9 cm³/mol. The van der Waals surface area contributed by atoms with Crippen LogP contribution in [-0.4, -0.2) is 15.0 Å². The van der Waals surface area contributed by atoms with E-state index in [0.717, 1.165) is 11.0 Å². The molecule has 0 unspecified atom stereocenters. The SMILES string of the molecule is C[CH-]n1nnc2ccccc21.[Y]. The third-order valence-corrected chi connectivity index (χ3v) is 1.62. The molecule has 1 aromatic carbocycles. The topological polar surface area (TPSA) is 30.7 Å². The van der Waals surface area contributed by atoms with Crippen molar-refractivity contribution in [1.82, 2.24) is 15.0 Å². The summed E-state index contributed by atoms with van der Waals surface area (Å²) in [4.78, 5) is 0. The number of fused-ring (bicyclic) bond motifs is 1. The van der Waals surface area contributed by atoms with Gasteiger partial charge in [-0.05, 0) is 0 Å². The van der Waals surface area contributed by atoms with Gasteiger partial charge in [-0.1, -0.05) is 35.9 Å². The third-order valence-electron chi connectivity index (χ3n) is 1.62. The van der Waals surface area contributed by atoms with Crippen molar-refractivity contribution in [3.63, 3.8) is 0 Å². The number of aromatic nitrogens is 3. The number of hydrogen-bond donors (Lipinski definition) is 0. The van der Waals surface area contributed by atoms with Crippen molar-refractivity contribution in [3.8, 4) is 0 Å². The van der Waals surface area contributed by atoms with Gasteiger partial charge in [0.15, 0.2) is 0 Å². The molecule has 59 valence electrons. The number of para-hydroxylation sites is 1. The van der Waals surface area contributed by atoms with Gasteiger partial charge in [-0.15, -0.1) is 12.6 Å². The average Bonchev–Trinajstić information content (AvgIpc) is 2.47. The summed E-state index contributed by atoms with van der Waals surface area (Å²) in [6, 6.07) is 7.88. The second kappa shape index (κ2) is 4.01. The van der Waals surface area contributed by atoms with Gasteiger partial charge < -0.3 is 4.68 Å². The second-order valence-corrected chi connectivity index (χ2v) is 2.28. The van der Waals surface area contributed by atoms with E-state index in [1.54, 1.807) is 4.68 Å². The average molecular weight is 235 g/mol. The first kappa shape index (κ1) is 9.68. The number of hydrogen-bond acceptors (Lipinski definition) is 2. The summed E-state index contributed by atoms with van der Waals surface area (Å²) in [6.45, 7) is 3.82. The largest absolute Gasteiger partial charge is 0.378 e. The zero-order valence-electron chi connectivity index (χ0n) is 6.81. The molecule has 0 atom stereocenters. The molecule has 1 aromatic heterocycles. The predicted octanol–water partition coefficient (Wildman–Crippen LogP) is 1.46. The van der Waals surface area contributed by atoms with Gasteiger partial charge in [0.05, 0.1) is 0 Å². The molecule has 2 aromatic rings. The van der Waals surface area contributed by atoms with Crippen LogP contribution in [-0.2, 0) is 32.7 Å². The van der Waals surface area contributed by atoms with Crippen molar-refractivity contribution in [1.29, 1.82) is 0 Å². The Morgan fingerprint density at radius 1 is 1.33 bits per heavy atom. The van der Waals surface area contributed by atoms with Crippen LogP contribution in [0.5, 0.6) is 0 Å². The van der Waals surface area contributed by atoms with E-state index in [0.29, 0.717) is 0 Å². The molecule has 2 rings (SSSR count). The van der Waals surface area contributed by atoms with Crippen molar-refractivity contribution in [2.24, 2.45) is 0 Å². The summed E-state index contributed by atoms with van der Waals surface area (Å²) in [5, 5.41) is 7.90. The zero-order valence-corrected chi connectivity index (χ0v) is 9.64. The van der Waals surface area contributed by atoms with E-state index in [-0.39, 0.29) is 32.7 Å². The first-order valence-corrected chi connectivity index (χ1v) is 3.51. The zero-order chi connectivity index (χ0) is 7.68. The molecule has 0 amide bonds. The van der Waals surface area contributed by atoms with Gasteiger partial charge in [-0.3, -0.25) is 0 Å². The van der Waals surface area contributed by atoms with Gasteiger partial charge >= 0.3 is 0 Å². The maximum atomic E-state index is 3.97. The van der Waals surface area contributed by atoms with Gasteiger partial charge in [0.2, 0.25) is 0 Å². The molecule has 0 fully saturated rings. The summed E-state index contributed by atoms with van der Waals surface area (Å²) in [6.07, 6.45) is 0. The number of rotatable bonds is 1. The fourth-order valence-electron chi connectivity index (χ4n) is 1.08. The molecule has 0 aliphatic heterocycles. The van der Waals surface area contributed by atoms with Crippen molar-refractivity contribution in [2.75, 3.05) is 0 Å².